The minimum atomic E-state index is -0.674. The Morgan fingerprint density at radius 3 is 2.21 bits per heavy atom. The summed E-state index contributed by atoms with van der Waals surface area (Å²) >= 11 is 5.10. The van der Waals surface area contributed by atoms with Gasteiger partial charge in [-0.3, -0.25) is 4.79 Å². The van der Waals surface area contributed by atoms with Gasteiger partial charge in [-0.05, 0) is 26.2 Å². The van der Waals surface area contributed by atoms with E-state index in [1.165, 1.54) is 19.3 Å². The van der Waals surface area contributed by atoms with Gasteiger partial charge in [0.05, 0.1) is 10.4 Å². The summed E-state index contributed by atoms with van der Waals surface area (Å²) in [5.41, 5.74) is 5.11. The smallest absolute Gasteiger partial charge is 0.233 e. The molecule has 0 heterocycles. The van der Waals surface area contributed by atoms with Gasteiger partial charge in [-0.25, -0.2) is 0 Å². The monoisotopic (exact) mass is 286 g/mol. The van der Waals surface area contributed by atoms with E-state index in [1.54, 1.807) is 0 Å². The molecule has 112 valence electrons. The van der Waals surface area contributed by atoms with Crippen LogP contribution in [-0.2, 0) is 4.79 Å². The average Bonchev–Trinajstić information content (AvgIpc) is 2.36. The van der Waals surface area contributed by atoms with Gasteiger partial charge in [-0.2, -0.15) is 0 Å². The normalized spacial score (nSPS) is 13.1. The molecule has 1 atom stereocenters. The average molecular weight is 286 g/mol. The fourth-order valence-corrected chi connectivity index (χ4v) is 2.72. The summed E-state index contributed by atoms with van der Waals surface area (Å²) < 4.78 is 0. The fraction of sp³-hybridized carbons (Fsp3) is 0.867. The second-order valence-corrected chi connectivity index (χ2v) is 5.82. The van der Waals surface area contributed by atoms with E-state index in [2.05, 4.69) is 19.2 Å². The number of carbonyl (C=O) groups is 1. The van der Waals surface area contributed by atoms with Crippen LogP contribution in [0.25, 0.3) is 0 Å². The molecule has 1 unspecified atom stereocenters. The van der Waals surface area contributed by atoms with Crippen LogP contribution in [0.2, 0.25) is 0 Å². The van der Waals surface area contributed by atoms with E-state index in [9.17, 15) is 4.79 Å². The number of nitrogens with two attached hydrogens (primary N) is 1. The molecule has 4 heteroatoms. The molecule has 0 fully saturated rings. The molecule has 0 radical (unpaired) electrons. The van der Waals surface area contributed by atoms with Crippen molar-refractivity contribution < 1.29 is 4.79 Å². The Hall–Kier alpha value is -0.640. The van der Waals surface area contributed by atoms with Crippen molar-refractivity contribution in [2.75, 3.05) is 0 Å². The highest BCUT2D eigenvalue weighted by molar-refractivity contribution is 7.80. The first kappa shape index (κ1) is 18.4. The van der Waals surface area contributed by atoms with Crippen LogP contribution in [0.15, 0.2) is 0 Å². The Morgan fingerprint density at radius 1 is 1.21 bits per heavy atom. The molecule has 0 aliphatic carbocycles. The van der Waals surface area contributed by atoms with Gasteiger partial charge in [0.15, 0.2) is 0 Å². The molecule has 0 aromatic carbocycles. The molecular weight excluding hydrogens is 256 g/mol. The summed E-state index contributed by atoms with van der Waals surface area (Å²) in [4.78, 5) is 12.7. The largest absolute Gasteiger partial charge is 0.392 e. The van der Waals surface area contributed by atoms with Crippen LogP contribution in [0.5, 0.6) is 0 Å². The van der Waals surface area contributed by atoms with Crippen molar-refractivity contribution >= 4 is 23.1 Å². The first-order chi connectivity index (χ1) is 8.94. The van der Waals surface area contributed by atoms with Gasteiger partial charge < -0.3 is 11.1 Å². The zero-order valence-corrected chi connectivity index (χ0v) is 13.7. The van der Waals surface area contributed by atoms with Gasteiger partial charge in [-0.15, -0.1) is 0 Å². The minimum absolute atomic E-state index is 0.00649. The Morgan fingerprint density at radius 2 is 1.79 bits per heavy atom. The Balaban J connectivity index is 4.36. The highest BCUT2D eigenvalue weighted by Gasteiger charge is 2.38. The van der Waals surface area contributed by atoms with Crippen molar-refractivity contribution in [3.8, 4) is 0 Å². The molecule has 19 heavy (non-hydrogen) atoms. The quantitative estimate of drug-likeness (QED) is 0.477. The molecule has 3 N–H and O–H groups in total. The lowest BCUT2D eigenvalue weighted by atomic mass is 9.81. The Bertz CT molecular complexity index is 288. The molecular formula is C15H30N2OS. The maximum absolute atomic E-state index is 12.4. The molecule has 0 aromatic rings. The fourth-order valence-electron chi connectivity index (χ4n) is 2.34. The second kappa shape index (κ2) is 9.29. The SMILES string of the molecule is CCCCCCC(C)NC(=O)C(CC)(CC)C(N)=S. The van der Waals surface area contributed by atoms with Crippen molar-refractivity contribution in [2.45, 2.75) is 78.7 Å². The zero-order chi connectivity index (χ0) is 14.9. The Labute approximate surface area is 123 Å². The van der Waals surface area contributed by atoms with E-state index in [0.29, 0.717) is 17.8 Å². The van der Waals surface area contributed by atoms with E-state index in [1.807, 2.05) is 13.8 Å². The maximum atomic E-state index is 12.4. The standard InChI is InChI=1S/C15H30N2OS/c1-5-8-9-10-11-12(4)17-14(18)15(6-2,7-3)13(16)19/h12H,5-11H2,1-4H3,(H2,16,19)(H,17,18). The third-order valence-electron chi connectivity index (χ3n) is 3.98. The van der Waals surface area contributed by atoms with E-state index in [-0.39, 0.29) is 11.9 Å². The molecule has 0 aliphatic rings. The molecule has 3 nitrogen and oxygen atoms in total. The molecule has 0 aromatic heterocycles. The molecule has 0 saturated heterocycles. The lowest BCUT2D eigenvalue weighted by Gasteiger charge is -2.30. The van der Waals surface area contributed by atoms with E-state index < -0.39 is 5.41 Å². The van der Waals surface area contributed by atoms with Crippen molar-refractivity contribution in [1.82, 2.24) is 5.32 Å². The summed E-state index contributed by atoms with van der Waals surface area (Å²) in [6.07, 6.45) is 7.23. The third-order valence-corrected chi connectivity index (χ3v) is 4.37. The van der Waals surface area contributed by atoms with Crippen LogP contribution in [0.3, 0.4) is 0 Å². The molecule has 0 aliphatic heterocycles. The van der Waals surface area contributed by atoms with Crippen LogP contribution < -0.4 is 11.1 Å². The molecule has 0 bridgehead atoms. The van der Waals surface area contributed by atoms with Gasteiger partial charge in [0.2, 0.25) is 5.91 Å². The first-order valence-electron chi connectivity index (χ1n) is 7.55. The first-order valence-corrected chi connectivity index (χ1v) is 7.96. The summed E-state index contributed by atoms with van der Waals surface area (Å²) in [6, 6.07) is 0.191. The van der Waals surface area contributed by atoms with E-state index in [0.717, 1.165) is 12.8 Å². The maximum Gasteiger partial charge on any atom is 0.233 e. The van der Waals surface area contributed by atoms with Crippen molar-refractivity contribution in [3.05, 3.63) is 0 Å². The number of hydrogen-bond acceptors (Lipinski definition) is 2. The number of thiocarbonyl (C=S) groups is 1. The lowest BCUT2D eigenvalue weighted by Crippen LogP contribution is -2.50. The van der Waals surface area contributed by atoms with Crippen LogP contribution in [0.4, 0.5) is 0 Å². The summed E-state index contributed by atoms with van der Waals surface area (Å²) in [5, 5.41) is 3.07. The molecule has 0 rings (SSSR count). The van der Waals surface area contributed by atoms with Gasteiger partial charge >= 0.3 is 0 Å². The highest BCUT2D eigenvalue weighted by atomic mass is 32.1. The van der Waals surface area contributed by atoms with Crippen LogP contribution in [0.1, 0.15) is 72.6 Å². The van der Waals surface area contributed by atoms with E-state index in [4.69, 9.17) is 18.0 Å². The number of unbranched alkanes of at least 4 members (excludes halogenated alkanes) is 3. The molecule has 0 spiro atoms. The van der Waals surface area contributed by atoms with Crippen molar-refractivity contribution in [1.29, 1.82) is 0 Å². The van der Waals surface area contributed by atoms with Gasteiger partial charge in [0, 0.05) is 6.04 Å². The third kappa shape index (κ3) is 5.47. The summed E-state index contributed by atoms with van der Waals surface area (Å²) in [7, 11) is 0. The summed E-state index contributed by atoms with van der Waals surface area (Å²) in [6.45, 7) is 8.19. The lowest BCUT2D eigenvalue weighted by molar-refractivity contribution is -0.128. The number of carbonyl (C=O) groups excluding carboxylic acids is 1. The van der Waals surface area contributed by atoms with Gasteiger partial charge in [0.25, 0.3) is 0 Å². The zero-order valence-electron chi connectivity index (χ0n) is 12.9. The van der Waals surface area contributed by atoms with Gasteiger partial charge in [-0.1, -0.05) is 58.7 Å². The number of hydrogen-bond donors (Lipinski definition) is 2. The second-order valence-electron chi connectivity index (χ2n) is 5.38. The summed E-state index contributed by atoms with van der Waals surface area (Å²) in [5.74, 6) is -0.00649. The highest BCUT2D eigenvalue weighted by Crippen LogP contribution is 2.27. The number of nitrogens with one attached hydrogen (secondary N) is 1. The number of rotatable bonds is 10. The molecule has 0 saturated carbocycles. The minimum Gasteiger partial charge on any atom is -0.392 e. The molecule has 1 amide bonds. The predicted octanol–water partition coefficient (Wildman–Crippen LogP) is 3.55. The van der Waals surface area contributed by atoms with Crippen LogP contribution in [0, 0.1) is 5.41 Å². The van der Waals surface area contributed by atoms with Crippen molar-refractivity contribution in [3.63, 3.8) is 0 Å². The van der Waals surface area contributed by atoms with E-state index >= 15 is 0 Å². The van der Waals surface area contributed by atoms with Gasteiger partial charge in [0.1, 0.15) is 0 Å². The Kier molecular flexibility index (Phi) is 8.98. The van der Waals surface area contributed by atoms with Crippen LogP contribution >= 0.6 is 12.2 Å². The topological polar surface area (TPSA) is 55.1 Å². The van der Waals surface area contributed by atoms with Crippen LogP contribution in [-0.4, -0.2) is 16.9 Å². The van der Waals surface area contributed by atoms with Crippen molar-refractivity contribution in [2.24, 2.45) is 11.1 Å². The predicted molar refractivity (Wildman–Crippen MR) is 86.2 cm³/mol. The number of amides is 1.